The molecule has 1 aromatic rings. The van der Waals surface area contributed by atoms with Crippen molar-refractivity contribution in [3.05, 3.63) is 34.9 Å². The summed E-state index contributed by atoms with van der Waals surface area (Å²) in [5, 5.41) is 19.6. The number of hydrogen-bond acceptors (Lipinski definition) is 4. The summed E-state index contributed by atoms with van der Waals surface area (Å²) in [6.07, 6.45) is -0.259. The zero-order valence-corrected chi connectivity index (χ0v) is 13.1. The Hall–Kier alpha value is -1.14. The van der Waals surface area contributed by atoms with Gasteiger partial charge in [0.25, 0.3) is 0 Å². The molecule has 5 nitrogen and oxygen atoms in total. The maximum atomic E-state index is 11.0. The van der Waals surface area contributed by atoms with Gasteiger partial charge in [-0.05, 0) is 25.1 Å². The van der Waals surface area contributed by atoms with E-state index in [1.54, 1.807) is 24.9 Å². The number of rotatable bonds is 9. The average Bonchev–Trinajstić information content (AvgIpc) is 2.41. The van der Waals surface area contributed by atoms with Crippen molar-refractivity contribution >= 4 is 17.6 Å². The van der Waals surface area contributed by atoms with Crippen molar-refractivity contribution in [2.75, 3.05) is 20.2 Å². The minimum absolute atomic E-state index is 0.131. The third-order valence-electron chi connectivity index (χ3n) is 3.23. The van der Waals surface area contributed by atoms with Crippen LogP contribution >= 0.6 is 11.6 Å². The molecule has 0 fully saturated rings. The molecular weight excluding hydrogens is 294 g/mol. The molecule has 1 rings (SSSR count). The monoisotopic (exact) mass is 315 g/mol. The molecule has 2 N–H and O–H groups in total. The molecule has 0 amide bonds. The van der Waals surface area contributed by atoms with E-state index in [0.29, 0.717) is 18.1 Å². The highest BCUT2D eigenvalue weighted by molar-refractivity contribution is 6.31. The van der Waals surface area contributed by atoms with Crippen LogP contribution in [0.2, 0.25) is 5.02 Å². The molecule has 0 aromatic heterocycles. The Kier molecular flexibility index (Phi) is 7.67. The summed E-state index contributed by atoms with van der Waals surface area (Å²) in [7, 11) is 1.68. The molecule has 0 heterocycles. The summed E-state index contributed by atoms with van der Waals surface area (Å²) in [5.74, 6) is -0.885. The molecule has 6 heteroatoms. The fourth-order valence-electron chi connectivity index (χ4n) is 2.11. The van der Waals surface area contributed by atoms with E-state index >= 15 is 0 Å². The van der Waals surface area contributed by atoms with Gasteiger partial charge in [0.1, 0.15) is 6.04 Å². The molecule has 0 aliphatic carbocycles. The summed E-state index contributed by atoms with van der Waals surface area (Å²) in [4.78, 5) is 12.6. The second-order valence-electron chi connectivity index (χ2n) is 4.96. The molecular formula is C15H22ClNO4. The van der Waals surface area contributed by atoms with E-state index < -0.39 is 18.1 Å². The zero-order chi connectivity index (χ0) is 15.8. The fraction of sp³-hybridized carbons (Fsp3) is 0.533. The van der Waals surface area contributed by atoms with Gasteiger partial charge >= 0.3 is 5.97 Å². The lowest BCUT2D eigenvalue weighted by molar-refractivity contribution is -0.143. The van der Waals surface area contributed by atoms with Crippen LogP contribution in [0.3, 0.4) is 0 Å². The maximum absolute atomic E-state index is 11.0. The molecule has 0 spiro atoms. The number of benzene rings is 1. The Morgan fingerprint density at radius 3 is 2.67 bits per heavy atom. The molecule has 0 radical (unpaired) electrons. The first-order valence-electron chi connectivity index (χ1n) is 6.88. The number of carbonyl (C=O) groups is 1. The number of carboxylic acids is 1. The van der Waals surface area contributed by atoms with E-state index in [1.807, 2.05) is 18.2 Å². The van der Waals surface area contributed by atoms with Gasteiger partial charge in [0.05, 0.1) is 19.3 Å². The molecule has 0 aliphatic rings. The third kappa shape index (κ3) is 6.01. The van der Waals surface area contributed by atoms with Gasteiger partial charge in [-0.15, -0.1) is 0 Å². The number of ether oxygens (including phenoxy) is 1. The van der Waals surface area contributed by atoms with E-state index in [1.165, 1.54) is 0 Å². The Bertz CT molecular complexity index is 455. The van der Waals surface area contributed by atoms with Crippen molar-refractivity contribution in [3.8, 4) is 0 Å². The third-order valence-corrected chi connectivity index (χ3v) is 3.60. The Morgan fingerprint density at radius 2 is 2.10 bits per heavy atom. The van der Waals surface area contributed by atoms with Crippen LogP contribution in [0.15, 0.2) is 24.3 Å². The molecule has 0 saturated heterocycles. The molecule has 118 valence electrons. The van der Waals surface area contributed by atoms with Crippen LogP contribution in [0, 0.1) is 0 Å². The summed E-state index contributed by atoms with van der Waals surface area (Å²) in [6, 6.07) is 6.75. The summed E-state index contributed by atoms with van der Waals surface area (Å²) in [5.41, 5.74) is 0.858. The van der Waals surface area contributed by atoms with Crippen molar-refractivity contribution in [3.63, 3.8) is 0 Å². The van der Waals surface area contributed by atoms with Gasteiger partial charge in [-0.2, -0.15) is 0 Å². The lowest BCUT2D eigenvalue weighted by Crippen LogP contribution is -2.43. The average molecular weight is 316 g/mol. The second kappa shape index (κ2) is 9.00. The Morgan fingerprint density at radius 1 is 1.43 bits per heavy atom. The molecule has 0 saturated carbocycles. The van der Waals surface area contributed by atoms with E-state index in [2.05, 4.69) is 0 Å². The highest BCUT2D eigenvalue weighted by Crippen LogP contribution is 2.15. The van der Waals surface area contributed by atoms with Crippen LogP contribution in [-0.4, -0.2) is 53.4 Å². The van der Waals surface area contributed by atoms with Crippen LogP contribution in [0.1, 0.15) is 18.9 Å². The van der Waals surface area contributed by atoms with Crippen LogP contribution < -0.4 is 0 Å². The highest BCUT2D eigenvalue weighted by atomic mass is 35.5. The zero-order valence-electron chi connectivity index (χ0n) is 12.3. The summed E-state index contributed by atoms with van der Waals surface area (Å²) >= 11 is 6.00. The normalized spacial score (nSPS) is 14.1. The standard InChI is InChI=1S/C15H22ClNO4/c1-3-14(15(19)20)17(2)8-12(18)10-21-9-11-6-4-5-7-13(11)16/h4-7,12,14,18H,3,8-10H2,1-2H3,(H,19,20). The lowest BCUT2D eigenvalue weighted by Gasteiger charge is -2.25. The number of aliphatic hydroxyl groups is 1. The van der Waals surface area contributed by atoms with Crippen LogP contribution in [-0.2, 0) is 16.1 Å². The molecule has 2 atom stereocenters. The van der Waals surface area contributed by atoms with Gasteiger partial charge in [-0.1, -0.05) is 36.7 Å². The van der Waals surface area contributed by atoms with E-state index in [-0.39, 0.29) is 13.2 Å². The number of aliphatic hydroxyl groups excluding tert-OH is 1. The van der Waals surface area contributed by atoms with Gasteiger partial charge in [-0.25, -0.2) is 0 Å². The Balaban J connectivity index is 2.35. The van der Waals surface area contributed by atoms with Crippen molar-refractivity contribution < 1.29 is 19.7 Å². The number of likely N-dealkylation sites (N-methyl/N-ethyl adjacent to an activating group) is 1. The van der Waals surface area contributed by atoms with E-state index in [4.69, 9.17) is 21.4 Å². The quantitative estimate of drug-likeness (QED) is 0.729. The molecule has 2 unspecified atom stereocenters. The number of carboxylic acid groups (broad SMARTS) is 1. The number of halogens is 1. The maximum Gasteiger partial charge on any atom is 0.320 e. The number of aliphatic carboxylic acids is 1. The predicted octanol–water partition coefficient (Wildman–Crippen LogP) is 2.01. The fourth-order valence-corrected chi connectivity index (χ4v) is 2.30. The van der Waals surface area contributed by atoms with Gasteiger partial charge in [-0.3, -0.25) is 9.69 Å². The van der Waals surface area contributed by atoms with Crippen molar-refractivity contribution in [2.45, 2.75) is 32.1 Å². The molecule has 1 aromatic carbocycles. The topological polar surface area (TPSA) is 70.0 Å². The van der Waals surface area contributed by atoms with Crippen LogP contribution in [0.25, 0.3) is 0 Å². The van der Waals surface area contributed by atoms with Crippen molar-refractivity contribution in [1.29, 1.82) is 0 Å². The largest absolute Gasteiger partial charge is 0.480 e. The van der Waals surface area contributed by atoms with Gasteiger partial charge in [0.15, 0.2) is 0 Å². The molecule has 0 bridgehead atoms. The van der Waals surface area contributed by atoms with Gasteiger partial charge < -0.3 is 14.9 Å². The lowest BCUT2D eigenvalue weighted by atomic mass is 10.2. The first-order valence-corrected chi connectivity index (χ1v) is 7.25. The van der Waals surface area contributed by atoms with Gasteiger partial charge in [0, 0.05) is 11.6 Å². The minimum Gasteiger partial charge on any atom is -0.480 e. The first-order chi connectivity index (χ1) is 9.95. The van der Waals surface area contributed by atoms with Crippen LogP contribution in [0.4, 0.5) is 0 Å². The van der Waals surface area contributed by atoms with Crippen LogP contribution in [0.5, 0.6) is 0 Å². The van der Waals surface area contributed by atoms with E-state index in [9.17, 15) is 9.90 Å². The highest BCUT2D eigenvalue weighted by Gasteiger charge is 2.22. The van der Waals surface area contributed by atoms with Gasteiger partial charge in [0.2, 0.25) is 0 Å². The summed E-state index contributed by atoms with van der Waals surface area (Å²) in [6.45, 7) is 2.49. The van der Waals surface area contributed by atoms with E-state index in [0.717, 1.165) is 5.56 Å². The second-order valence-corrected chi connectivity index (χ2v) is 5.37. The predicted molar refractivity (Wildman–Crippen MR) is 81.5 cm³/mol. The molecule has 0 aliphatic heterocycles. The minimum atomic E-state index is -0.885. The number of hydrogen-bond donors (Lipinski definition) is 2. The Labute approximate surface area is 130 Å². The molecule has 21 heavy (non-hydrogen) atoms. The summed E-state index contributed by atoms with van der Waals surface area (Å²) < 4.78 is 5.43. The first kappa shape index (κ1) is 17.9. The number of nitrogens with zero attached hydrogens (tertiary/aromatic N) is 1. The smallest absolute Gasteiger partial charge is 0.320 e. The van der Waals surface area contributed by atoms with Crippen molar-refractivity contribution in [1.82, 2.24) is 4.90 Å². The SMILES string of the molecule is CCC(C(=O)O)N(C)CC(O)COCc1ccccc1Cl. The van der Waals surface area contributed by atoms with Crippen molar-refractivity contribution in [2.24, 2.45) is 0 Å².